The molecule has 3 heterocycles. The third-order valence-corrected chi connectivity index (χ3v) is 3.24. The minimum Gasteiger partial charge on any atom is -0.308 e. The Balaban J connectivity index is 2.19. The van der Waals surface area contributed by atoms with E-state index < -0.39 is 23.3 Å². The SMILES string of the molecule is CC(=O)Nc1ncc2cnn(-c3cccc(C(C)(F)F)n3)c2c1F. The number of amides is 1. The first kappa shape index (κ1) is 15.9. The first-order valence-electron chi connectivity index (χ1n) is 6.93. The summed E-state index contributed by atoms with van der Waals surface area (Å²) in [6, 6.07) is 3.99. The maximum Gasteiger partial charge on any atom is 0.287 e. The van der Waals surface area contributed by atoms with E-state index >= 15 is 0 Å². The van der Waals surface area contributed by atoms with Crippen molar-refractivity contribution in [1.29, 1.82) is 0 Å². The van der Waals surface area contributed by atoms with E-state index in [0.717, 1.165) is 11.6 Å². The number of hydrogen-bond donors (Lipinski definition) is 1. The molecular weight excluding hydrogens is 323 g/mol. The van der Waals surface area contributed by atoms with Crippen LogP contribution in [0.5, 0.6) is 0 Å². The molecule has 124 valence electrons. The van der Waals surface area contributed by atoms with Crippen molar-refractivity contribution in [2.24, 2.45) is 0 Å². The van der Waals surface area contributed by atoms with Crippen LogP contribution in [0.1, 0.15) is 19.5 Å². The van der Waals surface area contributed by atoms with Crippen LogP contribution in [0.15, 0.2) is 30.6 Å². The van der Waals surface area contributed by atoms with Gasteiger partial charge in [0.05, 0.1) is 6.20 Å². The summed E-state index contributed by atoms with van der Waals surface area (Å²) in [4.78, 5) is 18.8. The lowest BCUT2D eigenvalue weighted by Gasteiger charge is -2.11. The van der Waals surface area contributed by atoms with Crippen LogP contribution in [-0.4, -0.2) is 25.7 Å². The molecule has 0 aliphatic rings. The molecule has 0 aromatic carbocycles. The average Bonchev–Trinajstić information content (AvgIpc) is 2.94. The minimum absolute atomic E-state index is 0.0159. The largest absolute Gasteiger partial charge is 0.308 e. The lowest BCUT2D eigenvalue weighted by molar-refractivity contribution is -0.114. The van der Waals surface area contributed by atoms with Gasteiger partial charge in [-0.05, 0) is 12.1 Å². The Bertz CT molecular complexity index is 932. The van der Waals surface area contributed by atoms with Crippen molar-refractivity contribution in [3.63, 3.8) is 0 Å². The Morgan fingerprint density at radius 2 is 2.04 bits per heavy atom. The standard InChI is InChI=1S/C15H12F3N5O/c1-8(24)21-14-12(16)13-9(6-19-14)7-20-23(13)11-5-3-4-10(22-11)15(2,17)18/h3-7H,1-2H3,(H,19,21,24). The van der Waals surface area contributed by atoms with Gasteiger partial charge in [-0.3, -0.25) is 4.79 Å². The number of anilines is 1. The Hall–Kier alpha value is -2.97. The van der Waals surface area contributed by atoms with Gasteiger partial charge in [-0.25, -0.2) is 19.0 Å². The Morgan fingerprint density at radius 1 is 1.29 bits per heavy atom. The van der Waals surface area contributed by atoms with Gasteiger partial charge in [0.25, 0.3) is 5.92 Å². The van der Waals surface area contributed by atoms with Gasteiger partial charge in [-0.15, -0.1) is 0 Å². The highest BCUT2D eigenvalue weighted by atomic mass is 19.3. The van der Waals surface area contributed by atoms with Gasteiger partial charge in [0.1, 0.15) is 11.2 Å². The molecular formula is C15H12F3N5O. The molecule has 0 fully saturated rings. The highest BCUT2D eigenvalue weighted by Gasteiger charge is 2.27. The summed E-state index contributed by atoms with van der Waals surface area (Å²) in [5, 5.41) is 6.59. The van der Waals surface area contributed by atoms with Crippen molar-refractivity contribution < 1.29 is 18.0 Å². The lowest BCUT2D eigenvalue weighted by atomic mass is 10.2. The van der Waals surface area contributed by atoms with Crippen molar-refractivity contribution in [2.75, 3.05) is 5.32 Å². The molecule has 24 heavy (non-hydrogen) atoms. The van der Waals surface area contributed by atoms with E-state index in [1.807, 2.05) is 0 Å². The summed E-state index contributed by atoms with van der Waals surface area (Å²) in [6.45, 7) is 1.94. The lowest BCUT2D eigenvalue weighted by Crippen LogP contribution is -2.13. The molecule has 9 heteroatoms. The minimum atomic E-state index is -3.14. The van der Waals surface area contributed by atoms with E-state index in [9.17, 15) is 18.0 Å². The number of carbonyl (C=O) groups is 1. The molecule has 0 unspecified atom stereocenters. The van der Waals surface area contributed by atoms with E-state index in [-0.39, 0.29) is 17.2 Å². The van der Waals surface area contributed by atoms with Crippen molar-refractivity contribution in [3.8, 4) is 5.82 Å². The number of hydrogen-bond acceptors (Lipinski definition) is 4. The second-order valence-corrected chi connectivity index (χ2v) is 5.23. The maximum absolute atomic E-state index is 14.6. The molecule has 0 atom stereocenters. The molecule has 0 saturated carbocycles. The van der Waals surface area contributed by atoms with E-state index in [2.05, 4.69) is 20.4 Å². The molecule has 3 aromatic rings. The van der Waals surface area contributed by atoms with Gasteiger partial charge in [-0.2, -0.15) is 13.9 Å². The van der Waals surface area contributed by atoms with Crippen LogP contribution in [0.2, 0.25) is 0 Å². The second kappa shape index (κ2) is 5.59. The van der Waals surface area contributed by atoms with E-state index in [0.29, 0.717) is 5.39 Å². The molecule has 6 nitrogen and oxygen atoms in total. The smallest absolute Gasteiger partial charge is 0.287 e. The first-order chi connectivity index (χ1) is 11.3. The fourth-order valence-electron chi connectivity index (χ4n) is 2.19. The highest BCUT2D eigenvalue weighted by Crippen LogP contribution is 2.28. The Kier molecular flexibility index (Phi) is 3.70. The predicted octanol–water partition coefficient (Wildman–Crippen LogP) is 3.02. The van der Waals surface area contributed by atoms with Crippen molar-refractivity contribution in [1.82, 2.24) is 19.7 Å². The van der Waals surface area contributed by atoms with Gasteiger partial charge in [-0.1, -0.05) is 6.07 Å². The third kappa shape index (κ3) is 2.80. The monoisotopic (exact) mass is 335 g/mol. The van der Waals surface area contributed by atoms with Crippen molar-refractivity contribution >= 4 is 22.6 Å². The molecule has 1 N–H and O–H groups in total. The van der Waals surface area contributed by atoms with Gasteiger partial charge >= 0.3 is 0 Å². The predicted molar refractivity (Wildman–Crippen MR) is 80.5 cm³/mol. The molecule has 0 aliphatic heterocycles. The van der Waals surface area contributed by atoms with E-state index in [1.165, 1.54) is 37.5 Å². The number of alkyl halides is 2. The van der Waals surface area contributed by atoms with Gasteiger partial charge < -0.3 is 5.32 Å². The third-order valence-electron chi connectivity index (χ3n) is 3.24. The van der Waals surface area contributed by atoms with Crippen LogP contribution < -0.4 is 5.32 Å². The van der Waals surface area contributed by atoms with Crippen LogP contribution in [0.25, 0.3) is 16.7 Å². The normalized spacial score (nSPS) is 11.7. The fraction of sp³-hybridized carbons (Fsp3) is 0.200. The van der Waals surface area contributed by atoms with Crippen LogP contribution in [0.4, 0.5) is 19.0 Å². The average molecular weight is 335 g/mol. The van der Waals surface area contributed by atoms with Crippen LogP contribution in [0, 0.1) is 5.82 Å². The molecule has 0 spiro atoms. The number of fused-ring (bicyclic) bond motifs is 1. The molecule has 0 aliphatic carbocycles. The number of pyridine rings is 2. The van der Waals surface area contributed by atoms with Crippen molar-refractivity contribution in [3.05, 3.63) is 42.1 Å². The zero-order chi connectivity index (χ0) is 17.5. The topological polar surface area (TPSA) is 72.7 Å². The maximum atomic E-state index is 14.6. The molecule has 1 amide bonds. The summed E-state index contributed by atoms with van der Waals surface area (Å²) in [5.74, 6) is -4.69. The van der Waals surface area contributed by atoms with Gasteiger partial charge in [0.15, 0.2) is 17.5 Å². The Morgan fingerprint density at radius 3 is 2.71 bits per heavy atom. The molecule has 0 radical (unpaired) electrons. The second-order valence-electron chi connectivity index (χ2n) is 5.23. The van der Waals surface area contributed by atoms with E-state index in [4.69, 9.17) is 0 Å². The van der Waals surface area contributed by atoms with Crippen LogP contribution in [-0.2, 0) is 10.7 Å². The summed E-state index contributed by atoms with van der Waals surface area (Å²) in [7, 11) is 0. The zero-order valence-corrected chi connectivity index (χ0v) is 12.7. The number of nitrogens with zero attached hydrogens (tertiary/aromatic N) is 4. The number of aromatic nitrogens is 4. The number of halogens is 3. The summed E-state index contributed by atoms with van der Waals surface area (Å²) < 4.78 is 42.6. The number of carbonyl (C=O) groups excluding carboxylic acids is 1. The van der Waals surface area contributed by atoms with E-state index in [1.54, 1.807) is 0 Å². The number of nitrogens with one attached hydrogen (secondary N) is 1. The molecule has 3 aromatic heterocycles. The number of rotatable bonds is 3. The highest BCUT2D eigenvalue weighted by molar-refractivity contribution is 5.91. The summed E-state index contributed by atoms with van der Waals surface area (Å²) in [6.07, 6.45) is 2.66. The summed E-state index contributed by atoms with van der Waals surface area (Å²) in [5.41, 5.74) is -0.474. The zero-order valence-electron chi connectivity index (χ0n) is 12.7. The summed E-state index contributed by atoms with van der Waals surface area (Å²) >= 11 is 0. The van der Waals surface area contributed by atoms with Gasteiger partial charge in [0.2, 0.25) is 5.91 Å². The quantitative estimate of drug-likeness (QED) is 0.798. The first-order valence-corrected chi connectivity index (χ1v) is 6.93. The van der Waals surface area contributed by atoms with Crippen molar-refractivity contribution in [2.45, 2.75) is 19.8 Å². The molecule has 3 rings (SSSR count). The van der Waals surface area contributed by atoms with Gasteiger partial charge in [0, 0.05) is 25.4 Å². The molecule has 0 saturated heterocycles. The fourth-order valence-corrected chi connectivity index (χ4v) is 2.19. The van der Waals surface area contributed by atoms with Crippen LogP contribution in [0.3, 0.4) is 0 Å². The Labute approximate surface area is 134 Å². The van der Waals surface area contributed by atoms with Crippen LogP contribution >= 0.6 is 0 Å². The molecule has 0 bridgehead atoms.